The van der Waals surface area contributed by atoms with E-state index in [2.05, 4.69) is 10.6 Å². The van der Waals surface area contributed by atoms with Crippen LogP contribution in [0.5, 0.6) is 0 Å². The van der Waals surface area contributed by atoms with Crippen molar-refractivity contribution in [3.63, 3.8) is 0 Å². The summed E-state index contributed by atoms with van der Waals surface area (Å²) >= 11 is 0. The maximum absolute atomic E-state index is 11.6. The van der Waals surface area contributed by atoms with Crippen LogP contribution in [0.25, 0.3) is 0 Å². The van der Waals surface area contributed by atoms with Gasteiger partial charge in [-0.2, -0.15) is 0 Å². The number of amides is 1. The highest BCUT2D eigenvalue weighted by Crippen LogP contribution is 2.23. The van der Waals surface area contributed by atoms with E-state index in [1.807, 2.05) is 13.8 Å². The second-order valence-corrected chi connectivity index (χ2v) is 4.67. The van der Waals surface area contributed by atoms with Gasteiger partial charge in [-0.3, -0.25) is 4.79 Å². The molecule has 1 saturated carbocycles. The highest BCUT2D eigenvalue weighted by atomic mass is 16.2. The molecule has 1 rings (SSSR count). The Bertz CT molecular complexity index is 220. The number of hydrogen-bond donors (Lipinski definition) is 3. The summed E-state index contributed by atoms with van der Waals surface area (Å²) in [5.41, 5.74) is 5.76. The number of likely N-dealkylation sites (N-methyl/N-ethyl adjacent to an activating group) is 1. The number of nitrogens with two attached hydrogens (primary N) is 1. The van der Waals surface area contributed by atoms with Crippen molar-refractivity contribution in [3.8, 4) is 0 Å². The third-order valence-corrected chi connectivity index (χ3v) is 3.42. The predicted octanol–water partition coefficient (Wildman–Crippen LogP) is 0.618. The number of carbonyl (C=O) groups is 1. The average molecular weight is 227 g/mol. The summed E-state index contributed by atoms with van der Waals surface area (Å²) in [4.78, 5) is 11.6. The summed E-state index contributed by atoms with van der Waals surface area (Å²) in [6.45, 7) is 5.27. The first-order valence-electron chi connectivity index (χ1n) is 6.42. The number of carbonyl (C=O) groups excluding carboxylic acids is 1. The molecule has 3 unspecified atom stereocenters. The summed E-state index contributed by atoms with van der Waals surface area (Å²) in [7, 11) is 0. The standard InChI is InChI=1S/C12H25N3O/c1-3-14-12(16)9(2)15-11-7-5-4-6-10(11)8-13/h9-11,15H,3-8,13H2,1-2H3,(H,14,16). The molecule has 0 radical (unpaired) electrons. The molecular formula is C12H25N3O. The third kappa shape index (κ3) is 3.76. The molecule has 1 aliphatic rings. The Morgan fingerprint density at radius 1 is 1.44 bits per heavy atom. The summed E-state index contributed by atoms with van der Waals surface area (Å²) in [6.07, 6.45) is 4.85. The molecule has 0 aromatic rings. The lowest BCUT2D eigenvalue weighted by molar-refractivity contribution is -0.123. The molecule has 0 heterocycles. The maximum atomic E-state index is 11.6. The molecule has 4 nitrogen and oxygen atoms in total. The van der Waals surface area contributed by atoms with E-state index in [4.69, 9.17) is 5.73 Å². The van der Waals surface area contributed by atoms with Crippen LogP contribution in [-0.4, -0.2) is 31.1 Å². The fourth-order valence-corrected chi connectivity index (χ4v) is 2.43. The summed E-state index contributed by atoms with van der Waals surface area (Å²) in [6, 6.07) is 0.299. The van der Waals surface area contributed by atoms with E-state index in [0.717, 1.165) is 13.0 Å². The van der Waals surface area contributed by atoms with E-state index in [1.54, 1.807) is 0 Å². The molecule has 0 spiro atoms. The zero-order valence-electron chi connectivity index (χ0n) is 10.5. The second kappa shape index (κ2) is 6.86. The molecule has 4 N–H and O–H groups in total. The van der Waals surface area contributed by atoms with Gasteiger partial charge in [-0.1, -0.05) is 12.8 Å². The van der Waals surface area contributed by atoms with Gasteiger partial charge in [-0.25, -0.2) is 0 Å². The lowest BCUT2D eigenvalue weighted by Gasteiger charge is -2.33. The molecule has 1 amide bonds. The van der Waals surface area contributed by atoms with Crippen molar-refractivity contribution in [3.05, 3.63) is 0 Å². The Hall–Kier alpha value is -0.610. The first kappa shape index (κ1) is 13.5. The lowest BCUT2D eigenvalue weighted by atomic mass is 9.84. The Morgan fingerprint density at radius 2 is 2.12 bits per heavy atom. The van der Waals surface area contributed by atoms with E-state index in [0.29, 0.717) is 18.5 Å². The maximum Gasteiger partial charge on any atom is 0.236 e. The van der Waals surface area contributed by atoms with Crippen LogP contribution in [0.1, 0.15) is 39.5 Å². The van der Waals surface area contributed by atoms with Crippen LogP contribution in [0, 0.1) is 5.92 Å². The minimum atomic E-state index is -0.114. The van der Waals surface area contributed by atoms with Crippen LogP contribution in [0.15, 0.2) is 0 Å². The molecule has 1 fully saturated rings. The van der Waals surface area contributed by atoms with Crippen molar-refractivity contribution in [2.24, 2.45) is 11.7 Å². The van der Waals surface area contributed by atoms with Crippen LogP contribution >= 0.6 is 0 Å². The average Bonchev–Trinajstić information content (AvgIpc) is 2.30. The Balaban J connectivity index is 2.41. The van der Waals surface area contributed by atoms with Crippen molar-refractivity contribution in [2.45, 2.75) is 51.6 Å². The number of rotatable bonds is 5. The first-order chi connectivity index (χ1) is 7.69. The molecular weight excluding hydrogens is 202 g/mol. The molecule has 0 saturated heterocycles. The van der Waals surface area contributed by atoms with Crippen molar-refractivity contribution >= 4 is 5.91 Å². The molecule has 0 bridgehead atoms. The third-order valence-electron chi connectivity index (χ3n) is 3.42. The van der Waals surface area contributed by atoms with Gasteiger partial charge in [0.1, 0.15) is 0 Å². The van der Waals surface area contributed by atoms with Gasteiger partial charge in [0.05, 0.1) is 6.04 Å². The normalized spacial score (nSPS) is 27.4. The fourth-order valence-electron chi connectivity index (χ4n) is 2.43. The molecule has 4 heteroatoms. The van der Waals surface area contributed by atoms with Crippen LogP contribution in [-0.2, 0) is 4.79 Å². The van der Waals surface area contributed by atoms with E-state index < -0.39 is 0 Å². The highest BCUT2D eigenvalue weighted by Gasteiger charge is 2.26. The van der Waals surface area contributed by atoms with Gasteiger partial charge < -0.3 is 16.4 Å². The smallest absolute Gasteiger partial charge is 0.236 e. The van der Waals surface area contributed by atoms with Gasteiger partial charge in [0.15, 0.2) is 0 Å². The van der Waals surface area contributed by atoms with Gasteiger partial charge >= 0.3 is 0 Å². The zero-order valence-corrected chi connectivity index (χ0v) is 10.5. The molecule has 0 aliphatic heterocycles. The number of nitrogens with one attached hydrogen (secondary N) is 2. The molecule has 94 valence electrons. The van der Waals surface area contributed by atoms with Gasteiger partial charge in [0.2, 0.25) is 5.91 Å². The highest BCUT2D eigenvalue weighted by molar-refractivity contribution is 5.81. The Labute approximate surface area is 98.3 Å². The SMILES string of the molecule is CCNC(=O)C(C)NC1CCCCC1CN. The summed E-state index contributed by atoms with van der Waals surface area (Å²) in [5.74, 6) is 0.620. The van der Waals surface area contributed by atoms with E-state index in [1.165, 1.54) is 19.3 Å². The molecule has 3 atom stereocenters. The predicted molar refractivity (Wildman–Crippen MR) is 66.1 cm³/mol. The van der Waals surface area contributed by atoms with Crippen molar-refractivity contribution in [1.29, 1.82) is 0 Å². The van der Waals surface area contributed by atoms with Crippen LogP contribution in [0.4, 0.5) is 0 Å². The van der Waals surface area contributed by atoms with Crippen LogP contribution in [0.3, 0.4) is 0 Å². The van der Waals surface area contributed by atoms with Gasteiger partial charge in [-0.15, -0.1) is 0 Å². The van der Waals surface area contributed by atoms with Gasteiger partial charge in [0, 0.05) is 12.6 Å². The monoisotopic (exact) mass is 227 g/mol. The minimum absolute atomic E-state index is 0.0869. The van der Waals surface area contributed by atoms with E-state index >= 15 is 0 Å². The van der Waals surface area contributed by atoms with E-state index in [9.17, 15) is 4.79 Å². The second-order valence-electron chi connectivity index (χ2n) is 4.67. The summed E-state index contributed by atoms with van der Waals surface area (Å²) < 4.78 is 0. The van der Waals surface area contributed by atoms with Gasteiger partial charge in [0.25, 0.3) is 0 Å². The van der Waals surface area contributed by atoms with Crippen LogP contribution in [0.2, 0.25) is 0 Å². The number of hydrogen-bond acceptors (Lipinski definition) is 3. The van der Waals surface area contributed by atoms with Gasteiger partial charge in [-0.05, 0) is 39.2 Å². The fraction of sp³-hybridized carbons (Fsp3) is 0.917. The van der Waals surface area contributed by atoms with E-state index in [-0.39, 0.29) is 11.9 Å². The molecule has 1 aliphatic carbocycles. The topological polar surface area (TPSA) is 67.2 Å². The van der Waals surface area contributed by atoms with Crippen molar-refractivity contribution < 1.29 is 4.79 Å². The van der Waals surface area contributed by atoms with Crippen molar-refractivity contribution in [2.75, 3.05) is 13.1 Å². The zero-order chi connectivity index (χ0) is 12.0. The Kier molecular flexibility index (Phi) is 5.77. The molecule has 0 aromatic carbocycles. The molecule has 0 aromatic heterocycles. The van der Waals surface area contributed by atoms with Crippen LogP contribution < -0.4 is 16.4 Å². The minimum Gasteiger partial charge on any atom is -0.355 e. The largest absolute Gasteiger partial charge is 0.355 e. The lowest BCUT2D eigenvalue weighted by Crippen LogP contribution is -2.51. The molecule has 16 heavy (non-hydrogen) atoms. The Morgan fingerprint density at radius 3 is 2.75 bits per heavy atom. The summed E-state index contributed by atoms with van der Waals surface area (Å²) in [5, 5.41) is 6.25. The quantitative estimate of drug-likeness (QED) is 0.645. The van der Waals surface area contributed by atoms with Crippen molar-refractivity contribution in [1.82, 2.24) is 10.6 Å². The first-order valence-corrected chi connectivity index (χ1v) is 6.42.